The highest BCUT2D eigenvalue weighted by molar-refractivity contribution is 5.36. The first-order valence-corrected chi connectivity index (χ1v) is 6.19. The maximum atomic E-state index is 13.3. The monoisotopic (exact) mass is 237 g/mol. The van der Waals surface area contributed by atoms with Crippen LogP contribution in [0, 0.1) is 11.7 Å². The van der Waals surface area contributed by atoms with Crippen LogP contribution in [0.2, 0.25) is 0 Å². The van der Waals surface area contributed by atoms with Gasteiger partial charge < -0.3 is 10.1 Å². The van der Waals surface area contributed by atoms with Crippen LogP contribution in [0.4, 0.5) is 4.39 Å². The number of rotatable bonds is 4. The molecule has 1 unspecified atom stereocenters. The average molecular weight is 237 g/mol. The summed E-state index contributed by atoms with van der Waals surface area (Å²) < 4.78 is 18.5. The third kappa shape index (κ3) is 2.78. The molecule has 0 heterocycles. The molecule has 1 saturated carbocycles. The maximum absolute atomic E-state index is 13.3. The zero-order chi connectivity index (χ0) is 12.4. The summed E-state index contributed by atoms with van der Waals surface area (Å²) >= 11 is 0. The topological polar surface area (TPSA) is 21.3 Å². The van der Waals surface area contributed by atoms with Gasteiger partial charge in [0.2, 0.25) is 0 Å². The van der Waals surface area contributed by atoms with Crippen LogP contribution in [0.1, 0.15) is 38.3 Å². The van der Waals surface area contributed by atoms with E-state index in [0.29, 0.717) is 6.04 Å². The number of hydrogen-bond acceptors (Lipinski definition) is 2. The number of ether oxygens (including phenoxy) is 1. The van der Waals surface area contributed by atoms with Gasteiger partial charge in [-0.25, -0.2) is 4.39 Å². The Bertz CT molecular complexity index is 388. The first kappa shape index (κ1) is 12.4. The van der Waals surface area contributed by atoms with Gasteiger partial charge in [0.15, 0.2) is 0 Å². The number of benzene rings is 1. The van der Waals surface area contributed by atoms with E-state index in [-0.39, 0.29) is 11.9 Å². The SMILES string of the molecule is COc1ccc(F)cc1C(C)NC1CC(C)C1. The zero-order valence-electron chi connectivity index (χ0n) is 10.7. The molecular weight excluding hydrogens is 217 g/mol. The summed E-state index contributed by atoms with van der Waals surface area (Å²) in [4.78, 5) is 0. The van der Waals surface area contributed by atoms with Crippen molar-refractivity contribution in [1.82, 2.24) is 5.32 Å². The Morgan fingerprint density at radius 3 is 2.71 bits per heavy atom. The smallest absolute Gasteiger partial charge is 0.123 e. The molecular formula is C14H20FNO. The third-order valence-corrected chi connectivity index (χ3v) is 3.52. The van der Waals surface area contributed by atoms with Gasteiger partial charge in [-0.15, -0.1) is 0 Å². The Kier molecular flexibility index (Phi) is 3.67. The fourth-order valence-corrected chi connectivity index (χ4v) is 2.53. The lowest BCUT2D eigenvalue weighted by Gasteiger charge is -2.36. The molecule has 17 heavy (non-hydrogen) atoms. The quantitative estimate of drug-likeness (QED) is 0.867. The van der Waals surface area contributed by atoms with Crippen LogP contribution >= 0.6 is 0 Å². The first-order chi connectivity index (χ1) is 8.10. The van der Waals surface area contributed by atoms with E-state index in [9.17, 15) is 4.39 Å². The van der Waals surface area contributed by atoms with Gasteiger partial charge >= 0.3 is 0 Å². The van der Waals surface area contributed by atoms with E-state index < -0.39 is 0 Å². The Balaban J connectivity index is 2.06. The molecule has 1 fully saturated rings. The van der Waals surface area contributed by atoms with Crippen LogP contribution in [0.15, 0.2) is 18.2 Å². The van der Waals surface area contributed by atoms with Crippen molar-refractivity contribution in [2.75, 3.05) is 7.11 Å². The van der Waals surface area contributed by atoms with Crippen LogP contribution in [0.5, 0.6) is 5.75 Å². The fourth-order valence-electron chi connectivity index (χ4n) is 2.53. The molecule has 1 aromatic carbocycles. The Morgan fingerprint density at radius 1 is 1.41 bits per heavy atom. The lowest BCUT2D eigenvalue weighted by molar-refractivity contribution is 0.225. The molecule has 1 N–H and O–H groups in total. The molecule has 1 aliphatic carbocycles. The summed E-state index contributed by atoms with van der Waals surface area (Å²) in [6.45, 7) is 4.31. The average Bonchev–Trinajstić information content (AvgIpc) is 2.27. The first-order valence-electron chi connectivity index (χ1n) is 6.19. The Hall–Kier alpha value is -1.09. The second-order valence-electron chi connectivity index (χ2n) is 5.05. The highest BCUT2D eigenvalue weighted by atomic mass is 19.1. The predicted octanol–water partition coefficient (Wildman–Crippen LogP) is 3.28. The van der Waals surface area contributed by atoms with Crippen LogP contribution in [-0.4, -0.2) is 13.2 Å². The van der Waals surface area contributed by atoms with Crippen molar-refractivity contribution in [3.8, 4) is 5.75 Å². The summed E-state index contributed by atoms with van der Waals surface area (Å²) in [6.07, 6.45) is 2.42. The fraction of sp³-hybridized carbons (Fsp3) is 0.571. The second-order valence-corrected chi connectivity index (χ2v) is 5.05. The molecule has 0 saturated heterocycles. The predicted molar refractivity (Wildman–Crippen MR) is 66.7 cm³/mol. The van der Waals surface area contributed by atoms with E-state index >= 15 is 0 Å². The van der Waals surface area contributed by atoms with Gasteiger partial charge in [-0.05, 0) is 43.9 Å². The Morgan fingerprint density at radius 2 is 2.12 bits per heavy atom. The van der Waals surface area contributed by atoms with Crippen molar-refractivity contribution in [3.63, 3.8) is 0 Å². The molecule has 0 aliphatic heterocycles. The Labute approximate surface area is 102 Å². The molecule has 1 atom stereocenters. The standard InChI is InChI=1S/C14H20FNO/c1-9-6-12(7-9)16-10(2)13-8-11(15)4-5-14(13)17-3/h4-5,8-10,12,16H,6-7H2,1-3H3. The molecule has 2 nitrogen and oxygen atoms in total. The van der Waals surface area contributed by atoms with E-state index in [4.69, 9.17) is 4.74 Å². The van der Waals surface area contributed by atoms with E-state index in [1.54, 1.807) is 19.2 Å². The maximum Gasteiger partial charge on any atom is 0.123 e. The van der Waals surface area contributed by atoms with Gasteiger partial charge in [-0.1, -0.05) is 6.92 Å². The molecule has 3 heteroatoms. The number of nitrogens with one attached hydrogen (secondary N) is 1. The van der Waals surface area contributed by atoms with Crippen molar-refractivity contribution >= 4 is 0 Å². The van der Waals surface area contributed by atoms with E-state index in [2.05, 4.69) is 19.2 Å². The van der Waals surface area contributed by atoms with Crippen LogP contribution in [0.25, 0.3) is 0 Å². The molecule has 0 amide bonds. The van der Waals surface area contributed by atoms with E-state index in [1.807, 2.05) is 0 Å². The lowest BCUT2D eigenvalue weighted by Crippen LogP contribution is -2.41. The summed E-state index contributed by atoms with van der Waals surface area (Å²) in [5.41, 5.74) is 0.895. The van der Waals surface area contributed by atoms with Crippen molar-refractivity contribution in [3.05, 3.63) is 29.6 Å². The third-order valence-electron chi connectivity index (χ3n) is 3.52. The van der Waals surface area contributed by atoms with Crippen molar-refractivity contribution < 1.29 is 9.13 Å². The molecule has 1 aliphatic rings. The zero-order valence-corrected chi connectivity index (χ0v) is 10.7. The number of methoxy groups -OCH3 is 1. The highest BCUT2D eigenvalue weighted by Gasteiger charge is 2.27. The highest BCUT2D eigenvalue weighted by Crippen LogP contribution is 2.31. The normalized spacial score (nSPS) is 25.2. The van der Waals surface area contributed by atoms with Gasteiger partial charge in [-0.2, -0.15) is 0 Å². The minimum absolute atomic E-state index is 0.123. The van der Waals surface area contributed by atoms with Crippen molar-refractivity contribution in [1.29, 1.82) is 0 Å². The second kappa shape index (κ2) is 5.05. The minimum atomic E-state index is -0.212. The summed E-state index contributed by atoms with van der Waals surface area (Å²) in [6, 6.07) is 5.36. The molecule has 2 rings (SSSR count). The van der Waals surface area contributed by atoms with Gasteiger partial charge in [0.25, 0.3) is 0 Å². The van der Waals surface area contributed by atoms with Crippen LogP contribution < -0.4 is 10.1 Å². The van der Waals surface area contributed by atoms with E-state index in [0.717, 1.165) is 17.2 Å². The van der Waals surface area contributed by atoms with Crippen LogP contribution in [0.3, 0.4) is 0 Å². The van der Waals surface area contributed by atoms with Crippen LogP contribution in [-0.2, 0) is 0 Å². The van der Waals surface area contributed by atoms with Gasteiger partial charge in [0, 0.05) is 17.6 Å². The number of halogens is 1. The minimum Gasteiger partial charge on any atom is -0.496 e. The summed E-state index contributed by atoms with van der Waals surface area (Å²) in [7, 11) is 1.62. The van der Waals surface area contributed by atoms with Gasteiger partial charge in [0.05, 0.1) is 7.11 Å². The molecule has 1 aromatic rings. The summed E-state index contributed by atoms with van der Waals surface area (Å²) in [5, 5.41) is 3.52. The number of hydrogen-bond donors (Lipinski definition) is 1. The van der Waals surface area contributed by atoms with E-state index in [1.165, 1.54) is 18.9 Å². The molecule has 0 bridgehead atoms. The van der Waals surface area contributed by atoms with Crippen molar-refractivity contribution in [2.45, 2.75) is 38.8 Å². The molecule has 0 radical (unpaired) electrons. The molecule has 94 valence electrons. The largest absolute Gasteiger partial charge is 0.496 e. The van der Waals surface area contributed by atoms with Gasteiger partial charge in [-0.3, -0.25) is 0 Å². The summed E-state index contributed by atoms with van der Waals surface area (Å²) in [5.74, 6) is 1.35. The van der Waals surface area contributed by atoms with Gasteiger partial charge in [0.1, 0.15) is 11.6 Å². The molecule has 0 aromatic heterocycles. The van der Waals surface area contributed by atoms with Crippen molar-refractivity contribution in [2.24, 2.45) is 5.92 Å². The lowest BCUT2D eigenvalue weighted by atomic mass is 9.81. The molecule has 0 spiro atoms.